The molecule has 33 heavy (non-hydrogen) atoms. The molecule has 1 aliphatic heterocycles. The number of rotatable bonds is 4. The van der Waals surface area contributed by atoms with Crippen LogP contribution in [0.25, 0.3) is 11.1 Å². The standard InChI is InChI=1S/C23H19Cl2N4OS3/c1-3-29-20(12-19-28(8-9-31-19)13-14-6-7-26-18(25)10-14)33-21(22(29)30)23-27(2)16-5-4-15(24)11-17(16)32-23/h4-12H,3,13H2,1-2H3/q+1/b23-21+. The third-order valence-corrected chi connectivity index (χ3v) is 9.08. The Hall–Kier alpha value is -2.10. The molecule has 4 heterocycles. The summed E-state index contributed by atoms with van der Waals surface area (Å²) < 4.78 is 5.66. The zero-order valence-electron chi connectivity index (χ0n) is 17.8. The van der Waals surface area contributed by atoms with E-state index in [9.17, 15) is 4.79 Å². The number of benzene rings is 1. The van der Waals surface area contributed by atoms with Crippen LogP contribution in [0.4, 0.5) is 5.69 Å². The fraction of sp³-hybridized carbons (Fsp3) is 0.174. The molecule has 0 spiro atoms. The quantitative estimate of drug-likeness (QED) is 0.291. The van der Waals surface area contributed by atoms with Gasteiger partial charge in [-0.05, 0) is 37.3 Å². The van der Waals surface area contributed by atoms with Gasteiger partial charge in [0.25, 0.3) is 10.6 Å². The Morgan fingerprint density at radius 3 is 2.85 bits per heavy atom. The van der Waals surface area contributed by atoms with Gasteiger partial charge in [0.1, 0.15) is 19.4 Å². The second kappa shape index (κ2) is 9.27. The highest BCUT2D eigenvalue weighted by Crippen LogP contribution is 2.46. The first kappa shape index (κ1) is 22.7. The monoisotopic (exact) mass is 533 g/mol. The van der Waals surface area contributed by atoms with Crippen molar-refractivity contribution < 1.29 is 4.57 Å². The van der Waals surface area contributed by atoms with E-state index in [1.807, 2.05) is 60.4 Å². The molecule has 5 rings (SSSR count). The van der Waals surface area contributed by atoms with E-state index in [1.165, 1.54) is 11.3 Å². The van der Waals surface area contributed by atoms with Crippen molar-refractivity contribution in [3.05, 3.63) is 88.4 Å². The smallest absolute Gasteiger partial charge is 0.271 e. The summed E-state index contributed by atoms with van der Waals surface area (Å²) in [4.78, 5) is 20.6. The van der Waals surface area contributed by atoms with E-state index in [0.717, 1.165) is 35.4 Å². The van der Waals surface area contributed by atoms with Crippen LogP contribution in [0.3, 0.4) is 0 Å². The highest BCUT2D eigenvalue weighted by molar-refractivity contribution is 8.08. The van der Waals surface area contributed by atoms with Gasteiger partial charge in [0.15, 0.2) is 12.7 Å². The highest BCUT2D eigenvalue weighted by Gasteiger charge is 2.25. The zero-order valence-corrected chi connectivity index (χ0v) is 21.7. The van der Waals surface area contributed by atoms with E-state index >= 15 is 0 Å². The van der Waals surface area contributed by atoms with E-state index in [0.29, 0.717) is 23.3 Å². The van der Waals surface area contributed by atoms with Crippen LogP contribution in [0.2, 0.25) is 10.2 Å². The number of nitrogens with zero attached hydrogens (tertiary/aromatic N) is 4. The fourth-order valence-electron chi connectivity index (χ4n) is 3.70. The summed E-state index contributed by atoms with van der Waals surface area (Å²) in [5, 5.41) is 5.22. The molecular weight excluding hydrogens is 515 g/mol. The molecule has 0 aliphatic carbocycles. The predicted molar refractivity (Wildman–Crippen MR) is 139 cm³/mol. The van der Waals surface area contributed by atoms with Gasteiger partial charge in [-0.25, -0.2) is 4.98 Å². The van der Waals surface area contributed by atoms with E-state index in [4.69, 9.17) is 23.2 Å². The second-order valence-electron chi connectivity index (χ2n) is 7.40. The molecule has 0 unspecified atom stereocenters. The molecule has 10 heteroatoms. The SMILES string of the molecule is CCn1c(=O)/c(=C2\Sc3cc(Cl)ccc3N2C)s/c1=C\c1scc[n+]1Cc1ccnc(Cl)c1. The Bertz CT molecular complexity index is 1540. The third kappa shape index (κ3) is 4.38. The number of fused-ring (bicyclic) bond motifs is 1. The van der Waals surface area contributed by atoms with Gasteiger partial charge in [0, 0.05) is 35.3 Å². The van der Waals surface area contributed by atoms with Gasteiger partial charge < -0.3 is 4.90 Å². The van der Waals surface area contributed by atoms with Crippen LogP contribution < -0.4 is 24.2 Å². The number of thioether (sulfide) groups is 1. The summed E-state index contributed by atoms with van der Waals surface area (Å²) in [5.74, 6) is 0. The molecule has 1 aromatic carbocycles. The number of aromatic nitrogens is 3. The van der Waals surface area contributed by atoms with E-state index in [-0.39, 0.29) is 5.56 Å². The predicted octanol–water partition coefficient (Wildman–Crippen LogP) is 4.17. The summed E-state index contributed by atoms with van der Waals surface area (Å²) in [6.45, 7) is 3.28. The number of hydrogen-bond donors (Lipinski definition) is 0. The van der Waals surface area contributed by atoms with Crippen LogP contribution in [-0.4, -0.2) is 16.6 Å². The summed E-state index contributed by atoms with van der Waals surface area (Å²) in [6, 6.07) is 9.65. The molecule has 0 saturated carbocycles. The van der Waals surface area contributed by atoms with Crippen molar-refractivity contribution >= 4 is 74.4 Å². The lowest BCUT2D eigenvalue weighted by Crippen LogP contribution is -2.36. The van der Waals surface area contributed by atoms with Crippen molar-refractivity contribution in [1.82, 2.24) is 9.55 Å². The number of pyridine rings is 1. The van der Waals surface area contributed by atoms with Crippen LogP contribution in [0.1, 0.15) is 17.5 Å². The van der Waals surface area contributed by atoms with Crippen LogP contribution in [0.15, 0.2) is 57.8 Å². The van der Waals surface area contributed by atoms with Crippen LogP contribution in [0.5, 0.6) is 0 Å². The first-order valence-electron chi connectivity index (χ1n) is 10.2. The van der Waals surface area contributed by atoms with Crippen molar-refractivity contribution in [3.63, 3.8) is 0 Å². The second-order valence-corrected chi connectivity index (χ2v) is 11.2. The molecule has 0 bridgehead atoms. The fourth-order valence-corrected chi connectivity index (χ4v) is 7.49. The molecule has 1 aliphatic rings. The molecule has 0 saturated heterocycles. The van der Waals surface area contributed by atoms with Crippen molar-refractivity contribution in [2.75, 3.05) is 11.9 Å². The Labute approximate surface area is 212 Å². The minimum atomic E-state index is 0.0334. The minimum absolute atomic E-state index is 0.0334. The lowest BCUT2D eigenvalue weighted by atomic mass is 10.2. The number of anilines is 1. The van der Waals surface area contributed by atoms with E-state index in [1.54, 1.807) is 29.3 Å². The molecule has 4 aromatic rings. The summed E-state index contributed by atoms with van der Waals surface area (Å²) in [6.07, 6.45) is 5.85. The van der Waals surface area contributed by atoms with Gasteiger partial charge >= 0.3 is 0 Å². The number of halogens is 2. The average Bonchev–Trinajstić information content (AvgIpc) is 3.44. The van der Waals surface area contributed by atoms with Crippen molar-refractivity contribution in [3.8, 4) is 0 Å². The summed E-state index contributed by atoms with van der Waals surface area (Å²) in [7, 11) is 1.99. The molecule has 3 aromatic heterocycles. The Morgan fingerprint density at radius 1 is 1.21 bits per heavy atom. The Kier molecular flexibility index (Phi) is 6.37. The van der Waals surface area contributed by atoms with E-state index in [2.05, 4.69) is 20.5 Å². The average molecular weight is 535 g/mol. The van der Waals surface area contributed by atoms with Gasteiger partial charge in [-0.3, -0.25) is 9.36 Å². The maximum absolute atomic E-state index is 13.4. The highest BCUT2D eigenvalue weighted by atomic mass is 35.5. The van der Waals surface area contributed by atoms with Crippen molar-refractivity contribution in [2.45, 2.75) is 24.9 Å². The Balaban J connectivity index is 1.60. The third-order valence-electron chi connectivity index (χ3n) is 5.32. The molecular formula is C23H19Cl2N4OS3+. The molecule has 0 N–H and O–H groups in total. The largest absolute Gasteiger partial charge is 0.337 e. The number of thiazole rings is 2. The van der Waals surface area contributed by atoms with Crippen molar-refractivity contribution in [1.29, 1.82) is 0 Å². The lowest BCUT2D eigenvalue weighted by Gasteiger charge is -2.12. The molecule has 0 amide bonds. The minimum Gasteiger partial charge on any atom is -0.337 e. The van der Waals surface area contributed by atoms with Gasteiger partial charge in [0.2, 0.25) is 0 Å². The lowest BCUT2D eigenvalue weighted by molar-refractivity contribution is -0.685. The molecule has 168 valence electrons. The molecule has 0 radical (unpaired) electrons. The van der Waals surface area contributed by atoms with E-state index < -0.39 is 0 Å². The molecule has 5 nitrogen and oxygen atoms in total. The topological polar surface area (TPSA) is 42.0 Å². The molecule has 0 fully saturated rings. The van der Waals surface area contributed by atoms with Gasteiger partial charge in [-0.2, -0.15) is 4.57 Å². The van der Waals surface area contributed by atoms with Crippen LogP contribution in [-0.2, 0) is 13.1 Å². The summed E-state index contributed by atoms with van der Waals surface area (Å²) >= 11 is 17.0. The first-order valence-corrected chi connectivity index (χ1v) is 13.5. The molecule has 0 atom stereocenters. The van der Waals surface area contributed by atoms with Gasteiger partial charge in [0.05, 0.1) is 17.1 Å². The van der Waals surface area contributed by atoms with Crippen LogP contribution >= 0.6 is 57.6 Å². The van der Waals surface area contributed by atoms with Gasteiger partial charge in [-0.15, -0.1) is 11.3 Å². The maximum Gasteiger partial charge on any atom is 0.271 e. The summed E-state index contributed by atoms with van der Waals surface area (Å²) in [5.41, 5.74) is 2.17. The number of hydrogen-bond acceptors (Lipinski definition) is 6. The zero-order chi connectivity index (χ0) is 23.1. The normalized spacial score (nSPS) is 15.4. The van der Waals surface area contributed by atoms with Gasteiger partial charge in [-0.1, -0.05) is 46.3 Å². The van der Waals surface area contributed by atoms with Crippen LogP contribution in [0, 0.1) is 0 Å². The Morgan fingerprint density at radius 2 is 2.06 bits per heavy atom. The first-order chi connectivity index (χ1) is 15.9. The van der Waals surface area contributed by atoms with Crippen molar-refractivity contribution in [2.24, 2.45) is 0 Å². The maximum atomic E-state index is 13.4.